The second kappa shape index (κ2) is 6.90. The predicted molar refractivity (Wildman–Crippen MR) is 78.2 cm³/mol. The van der Waals surface area contributed by atoms with Crippen LogP contribution in [0, 0.1) is 0 Å². The summed E-state index contributed by atoms with van der Waals surface area (Å²) in [5.74, 6) is 1.83. The molecule has 19 heavy (non-hydrogen) atoms. The van der Waals surface area contributed by atoms with Crippen molar-refractivity contribution in [3.8, 4) is 0 Å². The Morgan fingerprint density at radius 1 is 0.947 bits per heavy atom. The lowest BCUT2D eigenvalue weighted by Crippen LogP contribution is -1.88. The minimum atomic E-state index is 0.725. The van der Waals surface area contributed by atoms with Gasteiger partial charge in [0.1, 0.15) is 0 Å². The van der Waals surface area contributed by atoms with E-state index >= 15 is 0 Å². The molecule has 0 fully saturated rings. The van der Waals surface area contributed by atoms with E-state index in [-0.39, 0.29) is 0 Å². The maximum absolute atomic E-state index is 5.76. The fraction of sp³-hybridized carbons (Fsp3) is 0.125. The topological polar surface area (TPSA) is 22.6 Å². The third kappa shape index (κ3) is 4.07. The van der Waals surface area contributed by atoms with Gasteiger partial charge in [-0.1, -0.05) is 23.9 Å². The highest BCUT2D eigenvalue weighted by Crippen LogP contribution is 2.29. The van der Waals surface area contributed by atoms with Crippen LogP contribution in [0.4, 0.5) is 0 Å². The molecule has 2 heterocycles. The van der Waals surface area contributed by atoms with E-state index in [1.807, 2.05) is 36.4 Å². The van der Waals surface area contributed by atoms with E-state index in [0.717, 1.165) is 34.2 Å². The zero-order valence-corrected chi connectivity index (χ0v) is 11.5. The second-order valence-electron chi connectivity index (χ2n) is 3.96. The van der Waals surface area contributed by atoms with Crippen molar-refractivity contribution in [1.29, 1.82) is 0 Å². The SMILES string of the molecule is C=CCc1cc(Sc2cc[o+]cc2)cc(CC=C)[o+]1. The standard InChI is InChI=1S/C16H16O2S/c1-3-5-13-11-16(12-14(18-13)6-4-2)19-15-7-9-17-10-8-15/h3-4,7-12H,1-2,5-6H2/q+2. The largest absolute Gasteiger partial charge is 0.334 e. The van der Waals surface area contributed by atoms with Gasteiger partial charge in [0.05, 0.1) is 25.0 Å². The smallest absolute Gasteiger partial charge is 0.224 e. The zero-order chi connectivity index (χ0) is 13.5. The van der Waals surface area contributed by atoms with Gasteiger partial charge in [0.25, 0.3) is 0 Å². The minimum absolute atomic E-state index is 0.725. The van der Waals surface area contributed by atoms with E-state index in [0.29, 0.717) is 0 Å². The van der Waals surface area contributed by atoms with Gasteiger partial charge in [0.2, 0.25) is 0 Å². The Morgan fingerprint density at radius 3 is 2.05 bits per heavy atom. The summed E-state index contributed by atoms with van der Waals surface area (Å²) in [6.45, 7) is 7.49. The number of hydrogen-bond donors (Lipinski definition) is 0. The summed E-state index contributed by atoms with van der Waals surface area (Å²) in [6, 6.07) is 7.97. The van der Waals surface area contributed by atoms with Gasteiger partial charge < -0.3 is 0 Å². The van der Waals surface area contributed by atoms with E-state index in [4.69, 9.17) is 8.83 Å². The zero-order valence-electron chi connectivity index (χ0n) is 10.7. The number of rotatable bonds is 6. The van der Waals surface area contributed by atoms with E-state index in [9.17, 15) is 0 Å². The molecule has 3 heteroatoms. The molecule has 2 nitrogen and oxygen atoms in total. The molecule has 0 amide bonds. The molecular formula is C16H16O2S+2. The van der Waals surface area contributed by atoms with Gasteiger partial charge in [0, 0.05) is 21.9 Å². The molecule has 0 aliphatic heterocycles. The lowest BCUT2D eigenvalue weighted by molar-refractivity contribution is 0.462. The maximum Gasteiger partial charge on any atom is 0.334 e. The maximum atomic E-state index is 5.76. The predicted octanol–water partition coefficient (Wildman–Crippen LogP) is 5.04. The number of hydrogen-bond acceptors (Lipinski definition) is 1. The minimum Gasteiger partial charge on any atom is -0.224 e. The van der Waals surface area contributed by atoms with Crippen LogP contribution in [-0.4, -0.2) is 0 Å². The van der Waals surface area contributed by atoms with Gasteiger partial charge in [-0.2, -0.15) is 0 Å². The van der Waals surface area contributed by atoms with Gasteiger partial charge >= 0.3 is 24.0 Å². The van der Waals surface area contributed by atoms with Gasteiger partial charge in [-0.25, -0.2) is 8.83 Å². The Hall–Kier alpha value is -1.87. The molecule has 0 aliphatic carbocycles. The second-order valence-corrected chi connectivity index (χ2v) is 5.10. The summed E-state index contributed by atoms with van der Waals surface area (Å²) < 4.78 is 10.8. The van der Waals surface area contributed by atoms with Gasteiger partial charge in [-0.05, 0) is 0 Å². The molecule has 0 N–H and O–H groups in total. The first-order chi connectivity index (χ1) is 9.31. The molecule has 0 atom stereocenters. The van der Waals surface area contributed by atoms with Crippen LogP contribution in [0.2, 0.25) is 0 Å². The molecule has 2 rings (SSSR count). The van der Waals surface area contributed by atoms with Crippen LogP contribution in [0.25, 0.3) is 0 Å². The van der Waals surface area contributed by atoms with Crippen molar-refractivity contribution in [2.75, 3.05) is 0 Å². The van der Waals surface area contributed by atoms with Crippen molar-refractivity contribution in [2.24, 2.45) is 0 Å². The Bertz CT molecular complexity index is 536. The fourth-order valence-electron chi connectivity index (χ4n) is 1.65. The molecule has 0 saturated heterocycles. The molecule has 2 aromatic heterocycles. The molecule has 0 aliphatic rings. The lowest BCUT2D eigenvalue weighted by Gasteiger charge is -1.98. The lowest BCUT2D eigenvalue weighted by atomic mass is 10.2. The van der Waals surface area contributed by atoms with Crippen LogP contribution in [0.15, 0.2) is 80.7 Å². The highest BCUT2D eigenvalue weighted by Gasteiger charge is 2.15. The normalized spacial score (nSPS) is 10.1. The van der Waals surface area contributed by atoms with E-state index in [2.05, 4.69) is 13.2 Å². The van der Waals surface area contributed by atoms with Gasteiger partial charge in [-0.3, -0.25) is 0 Å². The Morgan fingerprint density at radius 2 is 1.53 bits per heavy atom. The summed E-state index contributed by atoms with van der Waals surface area (Å²) >= 11 is 1.68. The Kier molecular flexibility index (Phi) is 4.93. The monoisotopic (exact) mass is 272 g/mol. The average molecular weight is 272 g/mol. The molecule has 0 aromatic carbocycles. The van der Waals surface area contributed by atoms with Crippen LogP contribution in [-0.2, 0) is 12.8 Å². The van der Waals surface area contributed by atoms with Crippen molar-refractivity contribution in [3.63, 3.8) is 0 Å². The molecule has 96 valence electrons. The third-order valence-corrected chi connectivity index (χ3v) is 3.40. The first-order valence-electron chi connectivity index (χ1n) is 6.03. The van der Waals surface area contributed by atoms with Crippen molar-refractivity contribution >= 4 is 11.8 Å². The first kappa shape index (κ1) is 13.6. The van der Waals surface area contributed by atoms with Gasteiger partial charge in [0.15, 0.2) is 0 Å². The Labute approximate surface area is 117 Å². The van der Waals surface area contributed by atoms with Crippen molar-refractivity contribution in [2.45, 2.75) is 22.6 Å². The molecular weight excluding hydrogens is 256 g/mol. The Balaban J connectivity index is 2.27. The summed E-state index contributed by atoms with van der Waals surface area (Å²) in [6.07, 6.45) is 8.47. The van der Waals surface area contributed by atoms with Crippen LogP contribution in [0.5, 0.6) is 0 Å². The molecule has 0 bridgehead atoms. The summed E-state index contributed by atoms with van der Waals surface area (Å²) in [7, 11) is 0. The van der Waals surface area contributed by atoms with Crippen LogP contribution in [0.1, 0.15) is 11.5 Å². The van der Waals surface area contributed by atoms with Crippen molar-refractivity contribution in [1.82, 2.24) is 0 Å². The summed E-state index contributed by atoms with van der Waals surface area (Å²) in [5.41, 5.74) is 0. The van der Waals surface area contributed by atoms with Crippen LogP contribution in [0.3, 0.4) is 0 Å². The summed E-state index contributed by atoms with van der Waals surface area (Å²) in [5, 5.41) is 0. The van der Waals surface area contributed by atoms with Crippen LogP contribution < -0.4 is 0 Å². The quantitative estimate of drug-likeness (QED) is 0.543. The number of allylic oxidation sites excluding steroid dienone is 2. The van der Waals surface area contributed by atoms with E-state index < -0.39 is 0 Å². The van der Waals surface area contributed by atoms with Crippen molar-refractivity contribution in [3.05, 3.63) is 73.6 Å². The summed E-state index contributed by atoms with van der Waals surface area (Å²) in [4.78, 5) is 2.28. The van der Waals surface area contributed by atoms with E-state index in [1.165, 1.54) is 0 Å². The molecule has 2 aromatic rings. The van der Waals surface area contributed by atoms with E-state index in [1.54, 1.807) is 24.3 Å². The van der Waals surface area contributed by atoms with Crippen LogP contribution >= 0.6 is 11.8 Å². The third-order valence-electron chi connectivity index (χ3n) is 2.42. The van der Waals surface area contributed by atoms with Gasteiger partial charge in [-0.15, -0.1) is 13.2 Å². The highest BCUT2D eigenvalue weighted by molar-refractivity contribution is 7.99. The van der Waals surface area contributed by atoms with Crippen molar-refractivity contribution < 1.29 is 8.83 Å². The molecule has 0 spiro atoms. The molecule has 0 saturated carbocycles. The molecule has 0 unspecified atom stereocenters. The first-order valence-corrected chi connectivity index (χ1v) is 6.84. The average Bonchev–Trinajstić information content (AvgIpc) is 2.40. The fourth-order valence-corrected chi connectivity index (χ4v) is 2.55. The highest BCUT2D eigenvalue weighted by atomic mass is 32.2. The molecule has 0 radical (unpaired) electrons.